The first-order valence-electron chi connectivity index (χ1n) is 5.68. The van der Waals surface area contributed by atoms with Gasteiger partial charge < -0.3 is 19.9 Å². The van der Waals surface area contributed by atoms with E-state index in [0.717, 1.165) is 11.3 Å². The highest BCUT2D eigenvalue weighted by atomic mass is 16.5. The molecule has 0 aliphatic heterocycles. The Morgan fingerprint density at radius 3 is 2.39 bits per heavy atom. The number of carbonyl (C=O) groups excluding carboxylic acids is 1. The standard InChI is InChI=1S/C13H19NO4/c1-14-11(8-12(15)18-3)13(16)9-4-6-10(17-2)7-5-9/h4-7,11,13-14,16H,8H2,1-3H3. The maximum atomic E-state index is 11.2. The summed E-state index contributed by atoms with van der Waals surface area (Å²) >= 11 is 0. The number of carbonyl (C=O) groups is 1. The van der Waals surface area contributed by atoms with Gasteiger partial charge in [-0.2, -0.15) is 0 Å². The predicted molar refractivity (Wildman–Crippen MR) is 67.4 cm³/mol. The minimum absolute atomic E-state index is 0.111. The van der Waals surface area contributed by atoms with Crippen molar-refractivity contribution in [1.82, 2.24) is 5.32 Å². The van der Waals surface area contributed by atoms with Crippen LogP contribution in [0.4, 0.5) is 0 Å². The molecule has 0 aliphatic rings. The third-order valence-corrected chi connectivity index (χ3v) is 2.82. The van der Waals surface area contributed by atoms with Gasteiger partial charge in [-0.3, -0.25) is 4.79 Å². The van der Waals surface area contributed by atoms with Crippen LogP contribution in [0, 0.1) is 0 Å². The zero-order valence-corrected chi connectivity index (χ0v) is 10.8. The van der Waals surface area contributed by atoms with Crippen LogP contribution in [0.25, 0.3) is 0 Å². The van der Waals surface area contributed by atoms with Crippen LogP contribution in [0.5, 0.6) is 5.75 Å². The van der Waals surface area contributed by atoms with E-state index in [1.54, 1.807) is 38.4 Å². The molecule has 0 saturated heterocycles. The summed E-state index contributed by atoms with van der Waals surface area (Å²) in [5.41, 5.74) is 0.721. The van der Waals surface area contributed by atoms with E-state index in [-0.39, 0.29) is 18.4 Å². The molecule has 2 N–H and O–H groups in total. The molecule has 0 fully saturated rings. The number of benzene rings is 1. The van der Waals surface area contributed by atoms with Crippen LogP contribution < -0.4 is 10.1 Å². The van der Waals surface area contributed by atoms with Gasteiger partial charge in [0.25, 0.3) is 0 Å². The molecular weight excluding hydrogens is 234 g/mol. The second kappa shape index (κ2) is 6.98. The predicted octanol–water partition coefficient (Wildman–Crippen LogP) is 0.880. The Bertz CT molecular complexity index is 377. The first-order valence-corrected chi connectivity index (χ1v) is 5.68. The number of aliphatic hydroxyl groups is 1. The summed E-state index contributed by atoms with van der Waals surface area (Å²) < 4.78 is 9.64. The monoisotopic (exact) mass is 253 g/mol. The molecule has 0 amide bonds. The molecule has 0 aliphatic carbocycles. The maximum Gasteiger partial charge on any atom is 0.307 e. The van der Waals surface area contributed by atoms with E-state index in [1.165, 1.54) is 7.11 Å². The molecule has 1 aromatic rings. The van der Waals surface area contributed by atoms with E-state index in [1.807, 2.05) is 0 Å². The maximum absolute atomic E-state index is 11.2. The number of rotatable bonds is 6. The van der Waals surface area contributed by atoms with Crippen LogP contribution in [0.3, 0.4) is 0 Å². The highest BCUT2D eigenvalue weighted by molar-refractivity contribution is 5.70. The highest BCUT2D eigenvalue weighted by Gasteiger charge is 2.22. The summed E-state index contributed by atoms with van der Waals surface area (Å²) in [5, 5.41) is 13.1. The Kier molecular flexibility index (Phi) is 5.61. The minimum Gasteiger partial charge on any atom is -0.497 e. The number of hydrogen-bond acceptors (Lipinski definition) is 5. The van der Waals surface area contributed by atoms with Crippen molar-refractivity contribution in [2.75, 3.05) is 21.3 Å². The van der Waals surface area contributed by atoms with Crippen molar-refractivity contribution in [2.45, 2.75) is 18.6 Å². The third-order valence-electron chi connectivity index (χ3n) is 2.82. The fourth-order valence-corrected chi connectivity index (χ4v) is 1.67. The lowest BCUT2D eigenvalue weighted by Gasteiger charge is -2.21. The summed E-state index contributed by atoms with van der Waals surface area (Å²) in [5.74, 6) is 0.363. The largest absolute Gasteiger partial charge is 0.497 e. The lowest BCUT2D eigenvalue weighted by Crippen LogP contribution is -2.34. The molecule has 0 heterocycles. The van der Waals surface area contributed by atoms with Gasteiger partial charge in [0.05, 0.1) is 26.7 Å². The van der Waals surface area contributed by atoms with Crippen LogP contribution in [-0.2, 0) is 9.53 Å². The van der Waals surface area contributed by atoms with E-state index in [9.17, 15) is 9.90 Å². The highest BCUT2D eigenvalue weighted by Crippen LogP contribution is 2.21. The molecule has 1 aromatic carbocycles. The fourth-order valence-electron chi connectivity index (χ4n) is 1.67. The van der Waals surface area contributed by atoms with Crippen LogP contribution in [0.2, 0.25) is 0 Å². The molecule has 2 unspecified atom stereocenters. The average Bonchev–Trinajstić information content (AvgIpc) is 2.43. The van der Waals surface area contributed by atoms with E-state index in [2.05, 4.69) is 10.1 Å². The Morgan fingerprint density at radius 1 is 1.33 bits per heavy atom. The quantitative estimate of drug-likeness (QED) is 0.737. The summed E-state index contributed by atoms with van der Waals surface area (Å²) in [6.07, 6.45) is -0.666. The van der Waals surface area contributed by atoms with Crippen LogP contribution in [0.15, 0.2) is 24.3 Å². The zero-order valence-electron chi connectivity index (χ0n) is 10.8. The smallest absolute Gasteiger partial charge is 0.307 e. The molecule has 2 atom stereocenters. The van der Waals surface area contributed by atoms with Gasteiger partial charge >= 0.3 is 5.97 Å². The Morgan fingerprint density at radius 2 is 1.94 bits per heavy atom. The lowest BCUT2D eigenvalue weighted by molar-refractivity contribution is -0.142. The second-order valence-electron chi connectivity index (χ2n) is 3.89. The lowest BCUT2D eigenvalue weighted by atomic mass is 10.00. The number of esters is 1. The van der Waals surface area contributed by atoms with Crippen LogP contribution in [-0.4, -0.2) is 38.4 Å². The van der Waals surface area contributed by atoms with Gasteiger partial charge in [0.15, 0.2) is 0 Å². The van der Waals surface area contributed by atoms with Gasteiger partial charge in [-0.1, -0.05) is 12.1 Å². The normalized spacial score (nSPS) is 13.8. The van der Waals surface area contributed by atoms with Crippen LogP contribution >= 0.6 is 0 Å². The molecule has 5 heteroatoms. The van der Waals surface area contributed by atoms with E-state index < -0.39 is 6.10 Å². The van der Waals surface area contributed by atoms with Crippen molar-refractivity contribution in [2.24, 2.45) is 0 Å². The Hall–Kier alpha value is -1.59. The first-order chi connectivity index (χ1) is 8.62. The van der Waals surface area contributed by atoms with Gasteiger partial charge in [-0.25, -0.2) is 0 Å². The number of hydrogen-bond donors (Lipinski definition) is 2. The number of likely N-dealkylation sites (N-methyl/N-ethyl adjacent to an activating group) is 1. The summed E-state index contributed by atoms with van der Waals surface area (Å²) in [6.45, 7) is 0. The molecule has 18 heavy (non-hydrogen) atoms. The first kappa shape index (κ1) is 14.5. The molecule has 0 spiro atoms. The van der Waals surface area contributed by atoms with Crippen molar-refractivity contribution in [3.8, 4) is 5.75 Å². The fraction of sp³-hybridized carbons (Fsp3) is 0.462. The minimum atomic E-state index is -0.778. The Labute approximate surface area is 107 Å². The van der Waals surface area contributed by atoms with Crippen molar-refractivity contribution in [3.63, 3.8) is 0 Å². The Balaban J connectivity index is 2.75. The molecule has 0 saturated carbocycles. The van der Waals surface area contributed by atoms with Gasteiger partial charge in [0, 0.05) is 6.04 Å². The molecule has 5 nitrogen and oxygen atoms in total. The van der Waals surface area contributed by atoms with Gasteiger partial charge in [-0.05, 0) is 24.7 Å². The summed E-state index contributed by atoms with van der Waals surface area (Å²) in [6, 6.07) is 6.69. The second-order valence-corrected chi connectivity index (χ2v) is 3.89. The van der Waals surface area contributed by atoms with Crippen molar-refractivity contribution < 1.29 is 19.4 Å². The zero-order chi connectivity index (χ0) is 13.5. The van der Waals surface area contributed by atoms with E-state index in [4.69, 9.17) is 4.74 Å². The number of ether oxygens (including phenoxy) is 2. The number of aliphatic hydroxyl groups excluding tert-OH is 1. The third kappa shape index (κ3) is 3.72. The average molecular weight is 253 g/mol. The molecule has 100 valence electrons. The summed E-state index contributed by atoms with van der Waals surface area (Å²) in [4.78, 5) is 11.2. The molecule has 0 aromatic heterocycles. The topological polar surface area (TPSA) is 67.8 Å². The van der Waals surface area contributed by atoms with Gasteiger partial charge in [0.1, 0.15) is 5.75 Å². The van der Waals surface area contributed by atoms with E-state index >= 15 is 0 Å². The van der Waals surface area contributed by atoms with Gasteiger partial charge in [0.2, 0.25) is 0 Å². The van der Waals surface area contributed by atoms with Crippen molar-refractivity contribution in [1.29, 1.82) is 0 Å². The van der Waals surface area contributed by atoms with Crippen LogP contribution in [0.1, 0.15) is 18.1 Å². The molecule has 0 bridgehead atoms. The number of methoxy groups -OCH3 is 2. The molecular formula is C13H19NO4. The van der Waals surface area contributed by atoms with E-state index in [0.29, 0.717) is 0 Å². The van der Waals surface area contributed by atoms with Crippen molar-refractivity contribution >= 4 is 5.97 Å². The van der Waals surface area contributed by atoms with Gasteiger partial charge in [-0.15, -0.1) is 0 Å². The molecule has 1 rings (SSSR count). The van der Waals surface area contributed by atoms with Crippen molar-refractivity contribution in [3.05, 3.63) is 29.8 Å². The number of nitrogens with one attached hydrogen (secondary N) is 1. The molecule has 0 radical (unpaired) electrons. The SMILES string of the molecule is CNC(CC(=O)OC)C(O)c1ccc(OC)cc1. The summed E-state index contributed by atoms with van der Waals surface area (Å²) in [7, 11) is 4.61.